The van der Waals surface area contributed by atoms with E-state index in [1.54, 1.807) is 18.7 Å². The number of rotatable bonds is 3. The first kappa shape index (κ1) is 12.1. The summed E-state index contributed by atoms with van der Waals surface area (Å²) in [6, 6.07) is 7.61. The summed E-state index contributed by atoms with van der Waals surface area (Å²) in [6.45, 7) is 1.78. The van der Waals surface area contributed by atoms with Crippen molar-refractivity contribution >= 4 is 28.9 Å². The van der Waals surface area contributed by atoms with Crippen LogP contribution in [0.15, 0.2) is 24.3 Å². The van der Waals surface area contributed by atoms with Crippen molar-refractivity contribution < 1.29 is 9.53 Å². The minimum Gasteiger partial charge on any atom is -0.439 e. The highest BCUT2D eigenvalue weighted by Gasteiger charge is 2.14. The Morgan fingerprint density at radius 2 is 2.00 bits per heavy atom. The van der Waals surface area contributed by atoms with Crippen LogP contribution in [0.3, 0.4) is 0 Å². The molecular weight excluding hydrogens is 331 g/mol. The molecule has 0 atom stereocenters. The fourth-order valence-electron chi connectivity index (χ4n) is 1.52. The van der Waals surface area contributed by atoms with Crippen LogP contribution in [0.5, 0.6) is 11.6 Å². The highest BCUT2D eigenvalue weighted by Crippen LogP contribution is 2.26. The van der Waals surface area contributed by atoms with Crippen molar-refractivity contribution in [2.45, 2.75) is 6.92 Å². The third-order valence-corrected chi connectivity index (χ3v) is 3.08. The van der Waals surface area contributed by atoms with Crippen molar-refractivity contribution in [1.82, 2.24) is 9.78 Å². The van der Waals surface area contributed by atoms with Crippen molar-refractivity contribution in [3.63, 3.8) is 0 Å². The predicted molar refractivity (Wildman–Crippen MR) is 72.6 cm³/mol. The Balaban J connectivity index is 2.35. The van der Waals surface area contributed by atoms with Crippen LogP contribution in [0.25, 0.3) is 0 Å². The number of carbonyl (C=O) groups excluding carboxylic acids is 1. The Kier molecular flexibility index (Phi) is 3.46. The zero-order chi connectivity index (χ0) is 12.4. The summed E-state index contributed by atoms with van der Waals surface area (Å²) >= 11 is 2.22. The molecule has 0 amide bonds. The van der Waals surface area contributed by atoms with E-state index in [1.165, 1.54) is 0 Å². The maximum absolute atomic E-state index is 11.0. The molecule has 0 saturated heterocycles. The number of aromatic nitrogens is 2. The molecule has 1 aromatic carbocycles. The molecular formula is C12H11IN2O2. The standard InChI is InChI=1S/C12H11IN2O2/c1-8-11(7-16)12(15(2)14-8)17-10-5-3-9(13)4-6-10/h3-7H,1-2H3. The van der Waals surface area contributed by atoms with Gasteiger partial charge < -0.3 is 4.74 Å². The monoisotopic (exact) mass is 342 g/mol. The van der Waals surface area contributed by atoms with Crippen LogP contribution < -0.4 is 4.74 Å². The van der Waals surface area contributed by atoms with E-state index >= 15 is 0 Å². The van der Waals surface area contributed by atoms with Gasteiger partial charge in [0.2, 0.25) is 5.88 Å². The minimum absolute atomic E-state index is 0.471. The van der Waals surface area contributed by atoms with E-state index in [-0.39, 0.29) is 0 Å². The SMILES string of the molecule is Cc1nn(C)c(Oc2ccc(I)cc2)c1C=O. The quantitative estimate of drug-likeness (QED) is 0.636. The van der Waals surface area contributed by atoms with Gasteiger partial charge in [-0.15, -0.1) is 0 Å². The van der Waals surface area contributed by atoms with Crippen molar-refractivity contribution in [3.8, 4) is 11.6 Å². The molecule has 0 bridgehead atoms. The van der Waals surface area contributed by atoms with Crippen LogP contribution in [0.2, 0.25) is 0 Å². The zero-order valence-electron chi connectivity index (χ0n) is 9.48. The molecule has 4 nitrogen and oxygen atoms in total. The molecule has 0 spiro atoms. The highest BCUT2D eigenvalue weighted by atomic mass is 127. The number of halogens is 1. The van der Waals surface area contributed by atoms with Crippen molar-refractivity contribution in [3.05, 3.63) is 39.1 Å². The zero-order valence-corrected chi connectivity index (χ0v) is 11.6. The van der Waals surface area contributed by atoms with Gasteiger partial charge in [-0.3, -0.25) is 4.79 Å². The van der Waals surface area contributed by atoms with Crippen LogP contribution in [0, 0.1) is 10.5 Å². The van der Waals surface area contributed by atoms with Gasteiger partial charge in [-0.1, -0.05) is 0 Å². The van der Waals surface area contributed by atoms with Gasteiger partial charge in [-0.05, 0) is 53.8 Å². The maximum Gasteiger partial charge on any atom is 0.228 e. The summed E-state index contributed by atoms with van der Waals surface area (Å²) in [4.78, 5) is 11.0. The smallest absolute Gasteiger partial charge is 0.228 e. The molecule has 0 radical (unpaired) electrons. The first-order valence-electron chi connectivity index (χ1n) is 5.04. The van der Waals surface area contributed by atoms with Gasteiger partial charge in [-0.2, -0.15) is 5.10 Å². The number of hydrogen-bond donors (Lipinski definition) is 0. The highest BCUT2D eigenvalue weighted by molar-refractivity contribution is 14.1. The number of aldehydes is 1. The Labute approximate surface area is 113 Å². The van der Waals surface area contributed by atoms with Crippen molar-refractivity contribution in [2.24, 2.45) is 7.05 Å². The number of carbonyl (C=O) groups is 1. The normalized spacial score (nSPS) is 10.3. The third-order valence-electron chi connectivity index (χ3n) is 2.36. The summed E-state index contributed by atoms with van der Waals surface area (Å²) < 4.78 is 8.37. The fourth-order valence-corrected chi connectivity index (χ4v) is 1.88. The molecule has 0 aliphatic rings. The number of aryl methyl sites for hydroxylation is 2. The first-order valence-corrected chi connectivity index (χ1v) is 6.12. The average Bonchev–Trinajstić information content (AvgIpc) is 2.57. The van der Waals surface area contributed by atoms with Crippen LogP contribution in [-0.2, 0) is 7.05 Å². The van der Waals surface area contributed by atoms with Crippen molar-refractivity contribution in [1.29, 1.82) is 0 Å². The Morgan fingerprint density at radius 1 is 1.35 bits per heavy atom. The van der Waals surface area contributed by atoms with E-state index in [4.69, 9.17) is 4.74 Å². The lowest BCUT2D eigenvalue weighted by molar-refractivity contribution is 0.112. The van der Waals surface area contributed by atoms with Crippen LogP contribution in [0.1, 0.15) is 16.1 Å². The summed E-state index contributed by atoms with van der Waals surface area (Å²) in [6.07, 6.45) is 0.768. The van der Waals surface area contributed by atoms with Crippen LogP contribution >= 0.6 is 22.6 Å². The second kappa shape index (κ2) is 4.87. The molecule has 0 aliphatic heterocycles. The van der Waals surface area contributed by atoms with Crippen molar-refractivity contribution in [2.75, 3.05) is 0 Å². The molecule has 88 valence electrons. The minimum atomic E-state index is 0.471. The Morgan fingerprint density at radius 3 is 2.59 bits per heavy atom. The van der Waals surface area contributed by atoms with E-state index in [0.29, 0.717) is 22.9 Å². The summed E-state index contributed by atoms with van der Waals surface area (Å²) in [7, 11) is 1.75. The van der Waals surface area contributed by atoms with Crippen LogP contribution in [-0.4, -0.2) is 16.1 Å². The molecule has 1 heterocycles. The fraction of sp³-hybridized carbons (Fsp3) is 0.167. The topological polar surface area (TPSA) is 44.1 Å². The molecule has 2 rings (SSSR count). The molecule has 1 aromatic heterocycles. The van der Waals surface area contributed by atoms with Gasteiger partial charge in [0.25, 0.3) is 0 Å². The van der Waals surface area contributed by atoms with Gasteiger partial charge in [0.1, 0.15) is 5.75 Å². The van der Waals surface area contributed by atoms with E-state index in [2.05, 4.69) is 27.7 Å². The second-order valence-electron chi connectivity index (χ2n) is 3.60. The lowest BCUT2D eigenvalue weighted by Crippen LogP contribution is -1.96. The number of ether oxygens (including phenoxy) is 1. The van der Waals surface area contributed by atoms with Gasteiger partial charge >= 0.3 is 0 Å². The van der Waals surface area contributed by atoms with E-state index < -0.39 is 0 Å². The summed E-state index contributed by atoms with van der Waals surface area (Å²) in [5.41, 5.74) is 1.16. The van der Waals surface area contributed by atoms with Gasteiger partial charge in [0.15, 0.2) is 6.29 Å². The van der Waals surface area contributed by atoms with Gasteiger partial charge in [0, 0.05) is 10.6 Å². The maximum atomic E-state index is 11.0. The van der Waals surface area contributed by atoms with E-state index in [0.717, 1.165) is 9.86 Å². The second-order valence-corrected chi connectivity index (χ2v) is 4.85. The average molecular weight is 342 g/mol. The summed E-state index contributed by atoms with van der Waals surface area (Å²) in [5, 5.41) is 4.15. The third kappa shape index (κ3) is 2.49. The molecule has 0 unspecified atom stereocenters. The molecule has 17 heavy (non-hydrogen) atoms. The molecule has 2 aromatic rings. The first-order chi connectivity index (χ1) is 8.11. The number of benzene rings is 1. The Bertz CT molecular complexity index is 546. The molecule has 0 fully saturated rings. The van der Waals surface area contributed by atoms with E-state index in [9.17, 15) is 4.79 Å². The molecule has 5 heteroatoms. The largest absolute Gasteiger partial charge is 0.439 e. The molecule has 0 saturated carbocycles. The Hall–Kier alpha value is -1.37. The molecule has 0 aliphatic carbocycles. The van der Waals surface area contributed by atoms with Gasteiger partial charge in [0.05, 0.1) is 11.3 Å². The number of nitrogens with zero attached hydrogens (tertiary/aromatic N) is 2. The van der Waals surface area contributed by atoms with Gasteiger partial charge in [-0.25, -0.2) is 4.68 Å². The predicted octanol–water partition coefficient (Wildman–Crippen LogP) is 2.94. The number of hydrogen-bond acceptors (Lipinski definition) is 3. The van der Waals surface area contributed by atoms with E-state index in [1.807, 2.05) is 24.3 Å². The lowest BCUT2D eigenvalue weighted by atomic mass is 10.3. The lowest BCUT2D eigenvalue weighted by Gasteiger charge is -2.06. The molecule has 0 N–H and O–H groups in total. The van der Waals surface area contributed by atoms with Crippen LogP contribution in [0.4, 0.5) is 0 Å². The summed E-state index contributed by atoms with van der Waals surface area (Å²) in [5.74, 6) is 1.16.